The molecule has 12 nitrogen and oxygen atoms in total. The van der Waals surface area contributed by atoms with E-state index in [2.05, 4.69) is 25.3 Å². The van der Waals surface area contributed by atoms with E-state index in [-0.39, 0.29) is 23.6 Å². The predicted octanol–water partition coefficient (Wildman–Crippen LogP) is 3.23. The van der Waals surface area contributed by atoms with Crippen LogP contribution < -0.4 is 15.0 Å². The molecule has 1 N–H and O–H groups in total. The average Bonchev–Trinajstić information content (AvgIpc) is 3.23. The molecule has 12 heteroatoms. The lowest BCUT2D eigenvalue weighted by Gasteiger charge is -2.37. The molecule has 1 aliphatic heterocycles. The molecule has 37 heavy (non-hydrogen) atoms. The number of fused-ring (bicyclic) bond motifs is 1. The number of nitrogens with zero attached hydrogens (tertiary/aromatic N) is 7. The summed E-state index contributed by atoms with van der Waals surface area (Å²) in [7, 11) is 3.36. The molecule has 1 saturated heterocycles. The van der Waals surface area contributed by atoms with Gasteiger partial charge in [0.1, 0.15) is 17.0 Å². The fourth-order valence-electron chi connectivity index (χ4n) is 4.28. The number of imidazole rings is 1. The molecule has 0 saturated carbocycles. The minimum absolute atomic E-state index is 0.126. The topological polar surface area (TPSA) is 127 Å². The predicted molar refractivity (Wildman–Crippen MR) is 138 cm³/mol. The van der Waals surface area contributed by atoms with Gasteiger partial charge in [0.25, 0.3) is 5.91 Å². The number of aromatic nitrogens is 5. The van der Waals surface area contributed by atoms with E-state index < -0.39 is 11.5 Å². The number of piperidine rings is 1. The summed E-state index contributed by atoms with van der Waals surface area (Å²) in [6, 6.07) is 0.126. The highest BCUT2D eigenvalue weighted by atomic mass is 16.6. The van der Waals surface area contributed by atoms with Gasteiger partial charge in [0.05, 0.1) is 24.7 Å². The number of nitrogens with one attached hydrogen (secondary N) is 1. The second-order valence-corrected chi connectivity index (χ2v) is 10.2. The molecule has 0 atom stereocenters. The Labute approximate surface area is 216 Å². The fourth-order valence-corrected chi connectivity index (χ4v) is 4.28. The smallest absolute Gasteiger partial charge is 0.410 e. The molecule has 0 aliphatic carbocycles. The highest BCUT2D eigenvalue weighted by Crippen LogP contribution is 2.24. The highest BCUT2D eigenvalue weighted by Gasteiger charge is 2.30. The van der Waals surface area contributed by atoms with Crippen LogP contribution in [0, 0.1) is 13.8 Å². The van der Waals surface area contributed by atoms with Gasteiger partial charge in [-0.15, -0.1) is 0 Å². The number of carbonyl (C=O) groups is 2. The molecule has 1 aliphatic rings. The van der Waals surface area contributed by atoms with Gasteiger partial charge in [0.2, 0.25) is 11.8 Å². The molecule has 0 radical (unpaired) electrons. The molecule has 4 rings (SSSR count). The zero-order valence-electron chi connectivity index (χ0n) is 22.4. The zero-order valence-corrected chi connectivity index (χ0v) is 22.4. The van der Waals surface area contributed by atoms with E-state index in [9.17, 15) is 9.59 Å². The Morgan fingerprint density at radius 1 is 1.11 bits per heavy atom. The van der Waals surface area contributed by atoms with E-state index in [0.29, 0.717) is 30.5 Å². The average molecular weight is 511 g/mol. The van der Waals surface area contributed by atoms with Gasteiger partial charge in [-0.05, 0) is 47.5 Å². The van der Waals surface area contributed by atoms with Gasteiger partial charge < -0.3 is 29.0 Å². The lowest BCUT2D eigenvalue weighted by Crippen LogP contribution is -2.47. The van der Waals surface area contributed by atoms with Crippen molar-refractivity contribution < 1.29 is 19.1 Å². The van der Waals surface area contributed by atoms with E-state index in [1.807, 2.05) is 57.2 Å². The summed E-state index contributed by atoms with van der Waals surface area (Å²) in [5, 5.41) is 2.80. The molecule has 198 valence electrons. The third kappa shape index (κ3) is 5.89. The number of rotatable bonds is 5. The zero-order chi connectivity index (χ0) is 26.9. The van der Waals surface area contributed by atoms with Gasteiger partial charge in [-0.25, -0.2) is 19.7 Å². The Balaban J connectivity index is 1.43. The van der Waals surface area contributed by atoms with Gasteiger partial charge in [-0.3, -0.25) is 4.79 Å². The number of likely N-dealkylation sites (tertiary alicyclic amines) is 1. The maximum absolute atomic E-state index is 13.0. The van der Waals surface area contributed by atoms with Crippen molar-refractivity contribution in [3.8, 4) is 5.88 Å². The van der Waals surface area contributed by atoms with Crippen LogP contribution in [0.2, 0.25) is 0 Å². The third-order valence-electron chi connectivity index (χ3n) is 6.13. The van der Waals surface area contributed by atoms with E-state index in [0.717, 1.165) is 24.2 Å². The first-order valence-electron chi connectivity index (χ1n) is 12.2. The maximum atomic E-state index is 13.0. The van der Waals surface area contributed by atoms with Crippen LogP contribution >= 0.6 is 0 Å². The second kappa shape index (κ2) is 10.2. The SMILES string of the molecule is COc1nc(N(C)C2CCN(C(=O)OC(C)(C)C)CC2)ncc1C(=O)Nc1cn2cc(C)nc2c(C)n1. The van der Waals surface area contributed by atoms with Crippen LogP contribution in [0.5, 0.6) is 5.88 Å². The summed E-state index contributed by atoms with van der Waals surface area (Å²) < 4.78 is 12.7. The van der Waals surface area contributed by atoms with Crippen molar-refractivity contribution in [1.29, 1.82) is 0 Å². The number of methoxy groups -OCH3 is 1. The second-order valence-electron chi connectivity index (χ2n) is 10.2. The lowest BCUT2D eigenvalue weighted by molar-refractivity contribution is 0.0205. The van der Waals surface area contributed by atoms with Crippen molar-refractivity contribution in [3.05, 3.63) is 35.5 Å². The summed E-state index contributed by atoms with van der Waals surface area (Å²) in [5.41, 5.74) is 1.97. The third-order valence-corrected chi connectivity index (χ3v) is 6.13. The van der Waals surface area contributed by atoms with Crippen molar-refractivity contribution in [2.24, 2.45) is 0 Å². The van der Waals surface area contributed by atoms with Crippen molar-refractivity contribution in [3.63, 3.8) is 0 Å². The van der Waals surface area contributed by atoms with Gasteiger partial charge >= 0.3 is 6.09 Å². The number of amides is 2. The minimum atomic E-state index is -0.524. The van der Waals surface area contributed by atoms with Crippen LogP contribution in [0.1, 0.15) is 55.4 Å². The van der Waals surface area contributed by atoms with Crippen molar-refractivity contribution in [2.45, 2.75) is 59.1 Å². The first-order valence-corrected chi connectivity index (χ1v) is 12.2. The maximum Gasteiger partial charge on any atom is 0.410 e. The Kier molecular flexibility index (Phi) is 7.19. The molecule has 3 aromatic heterocycles. The molecule has 0 unspecified atom stereocenters. The summed E-state index contributed by atoms with van der Waals surface area (Å²) in [6.07, 6.45) is 6.21. The highest BCUT2D eigenvalue weighted by molar-refractivity contribution is 6.05. The number of aryl methyl sites for hydroxylation is 2. The molecule has 0 aromatic carbocycles. The fraction of sp³-hybridized carbons (Fsp3) is 0.520. The van der Waals surface area contributed by atoms with Crippen LogP contribution in [0.3, 0.4) is 0 Å². The van der Waals surface area contributed by atoms with Gasteiger partial charge in [0, 0.05) is 38.6 Å². The van der Waals surface area contributed by atoms with Crippen molar-refractivity contribution in [1.82, 2.24) is 29.2 Å². The quantitative estimate of drug-likeness (QED) is 0.550. The van der Waals surface area contributed by atoms with Crippen LogP contribution in [0.25, 0.3) is 5.65 Å². The van der Waals surface area contributed by atoms with E-state index in [1.165, 1.54) is 13.3 Å². The molecular formula is C25H34N8O4. The van der Waals surface area contributed by atoms with Crippen LogP contribution in [0.15, 0.2) is 18.6 Å². The van der Waals surface area contributed by atoms with E-state index in [1.54, 1.807) is 11.1 Å². The first kappa shape index (κ1) is 26.1. The van der Waals surface area contributed by atoms with Gasteiger partial charge in [-0.2, -0.15) is 4.98 Å². The molecule has 0 bridgehead atoms. The first-order chi connectivity index (χ1) is 17.4. The normalized spacial score (nSPS) is 14.5. The molecule has 1 fully saturated rings. The molecular weight excluding hydrogens is 476 g/mol. The molecule has 2 amide bonds. The lowest BCUT2D eigenvalue weighted by atomic mass is 10.0. The van der Waals surface area contributed by atoms with Crippen LogP contribution in [0.4, 0.5) is 16.6 Å². The van der Waals surface area contributed by atoms with Crippen LogP contribution in [-0.4, -0.2) is 80.1 Å². The standard InChI is InChI=1S/C25H34N8O4/c1-15-13-33-14-19(28-16(2)20(33)27-15)29-21(34)18-12-26-23(30-22(18)36-7)31(6)17-8-10-32(11-9-17)24(35)37-25(3,4)5/h12-14,17H,8-11H2,1-7H3,(H,29,34). The number of hydrogen-bond donors (Lipinski definition) is 1. The molecule has 0 spiro atoms. The Bertz CT molecular complexity index is 1310. The van der Waals surface area contributed by atoms with Crippen molar-refractivity contribution >= 4 is 29.4 Å². The summed E-state index contributed by atoms with van der Waals surface area (Å²) in [5.74, 6) is 0.553. The molecule has 3 aromatic rings. The van der Waals surface area contributed by atoms with Crippen molar-refractivity contribution in [2.75, 3.05) is 37.5 Å². The van der Waals surface area contributed by atoms with Gasteiger partial charge in [0.15, 0.2) is 5.65 Å². The Hall–Kier alpha value is -3.96. The largest absolute Gasteiger partial charge is 0.480 e. The monoisotopic (exact) mass is 510 g/mol. The number of hydrogen-bond acceptors (Lipinski definition) is 9. The molecule has 4 heterocycles. The Morgan fingerprint density at radius 2 is 1.81 bits per heavy atom. The summed E-state index contributed by atoms with van der Waals surface area (Å²) in [6.45, 7) is 10.5. The summed E-state index contributed by atoms with van der Waals surface area (Å²) in [4.78, 5) is 46.9. The number of anilines is 2. The number of ether oxygens (including phenoxy) is 2. The Morgan fingerprint density at radius 3 is 2.46 bits per heavy atom. The van der Waals surface area contributed by atoms with Crippen LogP contribution in [-0.2, 0) is 4.74 Å². The summed E-state index contributed by atoms with van der Waals surface area (Å²) >= 11 is 0. The minimum Gasteiger partial charge on any atom is -0.480 e. The van der Waals surface area contributed by atoms with Gasteiger partial charge in [-0.1, -0.05) is 0 Å². The van der Waals surface area contributed by atoms with E-state index >= 15 is 0 Å². The number of carbonyl (C=O) groups excluding carboxylic acids is 2. The van der Waals surface area contributed by atoms with E-state index in [4.69, 9.17) is 9.47 Å².